The topological polar surface area (TPSA) is 142 Å². The number of hydrogen-bond donors (Lipinski definition) is 3. The number of para-hydroxylation sites is 1. The summed E-state index contributed by atoms with van der Waals surface area (Å²) in [6.07, 6.45) is 1.59. The number of rotatable bonds is 8. The minimum atomic E-state index is -3.83. The Balaban J connectivity index is 1.58. The number of urea groups is 1. The molecule has 3 aromatic rings. The van der Waals surface area contributed by atoms with Gasteiger partial charge in [-0.15, -0.1) is 11.3 Å². The van der Waals surface area contributed by atoms with E-state index in [0.29, 0.717) is 23.7 Å². The number of amides is 4. The van der Waals surface area contributed by atoms with Gasteiger partial charge >= 0.3 is 6.03 Å². The molecule has 10 nitrogen and oxygen atoms in total. The fourth-order valence-corrected chi connectivity index (χ4v) is 6.83. The van der Waals surface area contributed by atoms with Crippen molar-refractivity contribution < 1.29 is 22.8 Å². The zero-order chi connectivity index (χ0) is 27.4. The van der Waals surface area contributed by atoms with Gasteiger partial charge in [-0.25, -0.2) is 13.2 Å². The average Bonchev–Trinajstić information content (AvgIpc) is 3.25. The number of benzene rings is 2. The van der Waals surface area contributed by atoms with Gasteiger partial charge in [0, 0.05) is 30.6 Å². The Labute approximate surface area is 225 Å². The number of imide groups is 1. The number of nitrogens with two attached hydrogens (primary N) is 1. The summed E-state index contributed by atoms with van der Waals surface area (Å²) in [7, 11) is -2.37. The molecule has 0 saturated heterocycles. The van der Waals surface area contributed by atoms with Crippen molar-refractivity contribution in [3.05, 3.63) is 76.2 Å². The second kappa shape index (κ2) is 11.3. The molecule has 38 heavy (non-hydrogen) atoms. The number of fused-ring (bicyclic) bond motifs is 1. The Morgan fingerprint density at radius 2 is 1.74 bits per heavy atom. The van der Waals surface area contributed by atoms with E-state index in [0.717, 1.165) is 30.0 Å². The summed E-state index contributed by atoms with van der Waals surface area (Å²) >= 11 is 1.29. The highest BCUT2D eigenvalue weighted by molar-refractivity contribution is 7.92. The molecule has 1 aromatic heterocycles. The van der Waals surface area contributed by atoms with E-state index in [1.165, 1.54) is 47.0 Å². The number of primary amides is 1. The summed E-state index contributed by atoms with van der Waals surface area (Å²) in [6, 6.07) is 13.3. The quantitative estimate of drug-likeness (QED) is 0.389. The Bertz CT molecular complexity index is 1450. The molecule has 0 radical (unpaired) electrons. The summed E-state index contributed by atoms with van der Waals surface area (Å²) in [5, 5.41) is 5.20. The van der Waals surface area contributed by atoms with E-state index < -0.39 is 27.9 Å². The Morgan fingerprint density at radius 3 is 2.37 bits per heavy atom. The monoisotopic (exact) mass is 555 g/mol. The second-order valence-electron chi connectivity index (χ2n) is 8.84. The molecule has 4 N–H and O–H groups in total. The maximum atomic E-state index is 13.1. The Kier molecular flexibility index (Phi) is 8.14. The molecule has 0 unspecified atom stereocenters. The van der Waals surface area contributed by atoms with Gasteiger partial charge in [-0.05, 0) is 61.3 Å². The van der Waals surface area contributed by atoms with Crippen LogP contribution in [0.15, 0.2) is 59.5 Å². The first-order valence-electron chi connectivity index (χ1n) is 12.0. The second-order valence-corrected chi connectivity index (χ2v) is 11.9. The van der Waals surface area contributed by atoms with Gasteiger partial charge in [-0.2, -0.15) is 0 Å². The van der Waals surface area contributed by atoms with Crippen molar-refractivity contribution in [2.75, 3.05) is 29.8 Å². The minimum Gasteiger partial charge on any atom is -0.351 e. The molecule has 2 aromatic carbocycles. The zero-order valence-corrected chi connectivity index (χ0v) is 22.7. The molecule has 1 aliphatic heterocycles. The van der Waals surface area contributed by atoms with E-state index in [1.807, 2.05) is 0 Å². The van der Waals surface area contributed by atoms with Gasteiger partial charge < -0.3 is 11.1 Å². The molecule has 0 spiro atoms. The van der Waals surface area contributed by atoms with E-state index in [4.69, 9.17) is 5.73 Å². The van der Waals surface area contributed by atoms with Crippen molar-refractivity contribution in [3.8, 4) is 0 Å². The fourth-order valence-electron chi connectivity index (χ4n) is 4.35. The standard InChI is InChI=1S/C26H29N5O5S2/c1-3-14-31-15-13-20-21(16-31)37-25(22(20)24(33)29-26(27)34)28-23(32)17-9-11-19(12-10-17)38(35,36)30(2)18-7-5-4-6-8-18/h4-12H,3,13-16H2,1-2H3,(H,28,32)(H3,27,29,33,34). The van der Waals surface area contributed by atoms with Crippen LogP contribution in [-0.4, -0.2) is 51.3 Å². The van der Waals surface area contributed by atoms with Crippen LogP contribution in [0.25, 0.3) is 0 Å². The Hall–Kier alpha value is -3.74. The predicted octanol–water partition coefficient (Wildman–Crippen LogP) is 3.40. The molecule has 4 rings (SSSR count). The zero-order valence-electron chi connectivity index (χ0n) is 21.1. The van der Waals surface area contributed by atoms with Gasteiger partial charge in [0.25, 0.3) is 21.8 Å². The van der Waals surface area contributed by atoms with Gasteiger partial charge in [-0.3, -0.25) is 24.1 Å². The maximum Gasteiger partial charge on any atom is 0.319 e. The van der Waals surface area contributed by atoms with Crippen LogP contribution in [0.2, 0.25) is 0 Å². The van der Waals surface area contributed by atoms with Crippen molar-refractivity contribution in [3.63, 3.8) is 0 Å². The number of anilines is 2. The van der Waals surface area contributed by atoms with E-state index in [-0.39, 0.29) is 16.0 Å². The van der Waals surface area contributed by atoms with E-state index in [1.54, 1.807) is 30.3 Å². The molecule has 0 atom stereocenters. The van der Waals surface area contributed by atoms with Gasteiger partial charge in [0.1, 0.15) is 5.00 Å². The molecule has 200 valence electrons. The third-order valence-electron chi connectivity index (χ3n) is 6.26. The largest absolute Gasteiger partial charge is 0.351 e. The highest BCUT2D eigenvalue weighted by Crippen LogP contribution is 2.37. The molecule has 0 saturated carbocycles. The number of thiophene rings is 1. The first-order valence-corrected chi connectivity index (χ1v) is 14.3. The van der Waals surface area contributed by atoms with Crippen LogP contribution in [0.1, 0.15) is 44.5 Å². The molecule has 0 aliphatic carbocycles. The first kappa shape index (κ1) is 27.3. The van der Waals surface area contributed by atoms with Crippen molar-refractivity contribution in [1.82, 2.24) is 10.2 Å². The molecule has 0 bridgehead atoms. The fraction of sp³-hybridized carbons (Fsp3) is 0.269. The maximum absolute atomic E-state index is 13.1. The summed E-state index contributed by atoms with van der Waals surface area (Å²) in [5.41, 5.74) is 6.92. The lowest BCUT2D eigenvalue weighted by Gasteiger charge is -2.26. The third-order valence-corrected chi connectivity index (χ3v) is 9.19. The lowest BCUT2D eigenvalue weighted by molar-refractivity contribution is 0.0965. The first-order chi connectivity index (χ1) is 18.1. The van der Waals surface area contributed by atoms with Crippen molar-refractivity contribution in [2.24, 2.45) is 5.73 Å². The molecule has 0 fully saturated rings. The van der Waals surface area contributed by atoms with Crippen LogP contribution in [0.3, 0.4) is 0 Å². The Morgan fingerprint density at radius 1 is 1.05 bits per heavy atom. The number of hydrogen-bond acceptors (Lipinski definition) is 7. The van der Waals surface area contributed by atoms with Crippen molar-refractivity contribution in [1.29, 1.82) is 0 Å². The van der Waals surface area contributed by atoms with Crippen LogP contribution in [0.5, 0.6) is 0 Å². The molecule has 1 aliphatic rings. The minimum absolute atomic E-state index is 0.0320. The average molecular weight is 556 g/mol. The summed E-state index contributed by atoms with van der Waals surface area (Å²) < 4.78 is 27.2. The normalized spacial score (nSPS) is 13.4. The highest BCUT2D eigenvalue weighted by Gasteiger charge is 2.29. The summed E-state index contributed by atoms with van der Waals surface area (Å²) in [6.45, 7) is 4.41. The van der Waals surface area contributed by atoms with Gasteiger partial charge in [-0.1, -0.05) is 25.1 Å². The number of carbonyl (C=O) groups is 3. The molecule has 2 heterocycles. The number of carbonyl (C=O) groups excluding carboxylic acids is 3. The lowest BCUT2D eigenvalue weighted by atomic mass is 10.0. The summed E-state index contributed by atoms with van der Waals surface area (Å²) in [5.74, 6) is -1.18. The molecular formula is C26H29N5O5S2. The van der Waals surface area contributed by atoms with Crippen LogP contribution in [0, 0.1) is 0 Å². The van der Waals surface area contributed by atoms with Gasteiger partial charge in [0.15, 0.2) is 0 Å². The SMILES string of the molecule is CCCN1CCc2c(sc(NC(=O)c3ccc(S(=O)(=O)N(C)c4ccccc4)cc3)c2C(=O)NC(N)=O)C1. The van der Waals surface area contributed by atoms with Crippen LogP contribution < -0.4 is 20.7 Å². The van der Waals surface area contributed by atoms with Crippen molar-refractivity contribution >= 4 is 49.9 Å². The van der Waals surface area contributed by atoms with Crippen LogP contribution >= 0.6 is 11.3 Å². The van der Waals surface area contributed by atoms with E-state index in [9.17, 15) is 22.8 Å². The third kappa shape index (κ3) is 5.72. The van der Waals surface area contributed by atoms with Crippen molar-refractivity contribution in [2.45, 2.75) is 31.2 Å². The number of nitrogens with zero attached hydrogens (tertiary/aromatic N) is 2. The highest BCUT2D eigenvalue weighted by atomic mass is 32.2. The predicted molar refractivity (Wildman–Crippen MR) is 147 cm³/mol. The van der Waals surface area contributed by atoms with E-state index >= 15 is 0 Å². The summed E-state index contributed by atoms with van der Waals surface area (Å²) in [4.78, 5) is 40.5. The molecule has 4 amide bonds. The smallest absolute Gasteiger partial charge is 0.319 e. The van der Waals surface area contributed by atoms with E-state index in [2.05, 4.69) is 22.5 Å². The molecular weight excluding hydrogens is 526 g/mol. The van der Waals surface area contributed by atoms with Crippen LogP contribution in [-0.2, 0) is 23.0 Å². The number of nitrogens with one attached hydrogen (secondary N) is 2. The molecule has 12 heteroatoms. The van der Waals surface area contributed by atoms with Gasteiger partial charge in [0.05, 0.1) is 16.1 Å². The van der Waals surface area contributed by atoms with Crippen LogP contribution in [0.4, 0.5) is 15.5 Å². The lowest BCUT2D eigenvalue weighted by Crippen LogP contribution is -2.36. The van der Waals surface area contributed by atoms with Gasteiger partial charge in [0.2, 0.25) is 0 Å². The number of sulfonamides is 1.